The molecule has 1 aliphatic rings. The molecule has 1 aliphatic heterocycles. The van der Waals surface area contributed by atoms with E-state index >= 15 is 0 Å². The van der Waals surface area contributed by atoms with Crippen LogP contribution in [0.1, 0.15) is 24.4 Å². The van der Waals surface area contributed by atoms with Crippen molar-refractivity contribution in [2.45, 2.75) is 25.1 Å². The number of benzene rings is 1. The highest BCUT2D eigenvalue weighted by Gasteiger charge is 2.31. The van der Waals surface area contributed by atoms with E-state index in [9.17, 15) is 13.2 Å². The molecule has 1 heterocycles. The second kappa shape index (κ2) is 10.3. The standard InChI is InChI=1S/C14H17BrClF3N2.2ClH/c15-12-9-10(16)1-2-11(12)13(3-4-14(17,18)19)21-7-5-20-6-8-21;;/h1-2,9,13,20H,3-8H2;2*1H/t13-;;/m1../s1. The molecule has 0 bridgehead atoms. The molecule has 1 atom stereocenters. The largest absolute Gasteiger partial charge is 0.389 e. The number of piperazine rings is 1. The van der Waals surface area contributed by atoms with Gasteiger partial charge >= 0.3 is 6.18 Å². The summed E-state index contributed by atoms with van der Waals surface area (Å²) in [7, 11) is 0. The van der Waals surface area contributed by atoms with Gasteiger partial charge in [-0.15, -0.1) is 24.8 Å². The van der Waals surface area contributed by atoms with Crippen molar-refractivity contribution in [2.75, 3.05) is 26.2 Å². The molecule has 0 unspecified atom stereocenters. The van der Waals surface area contributed by atoms with Crippen molar-refractivity contribution in [1.29, 1.82) is 0 Å². The minimum absolute atomic E-state index is 0. The molecular formula is C14H19BrCl3F3N2. The highest BCUT2D eigenvalue weighted by atomic mass is 79.9. The van der Waals surface area contributed by atoms with Gasteiger partial charge in [-0.05, 0) is 24.1 Å². The summed E-state index contributed by atoms with van der Waals surface area (Å²) in [5, 5.41) is 3.79. The minimum atomic E-state index is -4.13. The van der Waals surface area contributed by atoms with E-state index in [0.29, 0.717) is 5.02 Å². The number of nitrogens with zero attached hydrogens (tertiary/aromatic N) is 1. The van der Waals surface area contributed by atoms with E-state index in [1.54, 1.807) is 12.1 Å². The molecule has 0 amide bonds. The molecule has 0 radical (unpaired) electrons. The molecule has 2 rings (SSSR count). The summed E-state index contributed by atoms with van der Waals surface area (Å²) >= 11 is 9.35. The normalized spacial score (nSPS) is 17.1. The summed E-state index contributed by atoms with van der Waals surface area (Å²) in [6.07, 6.45) is -4.86. The number of hydrogen-bond donors (Lipinski definition) is 1. The summed E-state index contributed by atoms with van der Waals surface area (Å²) in [5.41, 5.74) is 0.866. The molecule has 1 fully saturated rings. The van der Waals surface area contributed by atoms with Gasteiger partial charge in [-0.2, -0.15) is 13.2 Å². The second-order valence-electron chi connectivity index (χ2n) is 5.12. The van der Waals surface area contributed by atoms with E-state index in [2.05, 4.69) is 26.1 Å². The Bertz CT molecular complexity index is 483. The fourth-order valence-electron chi connectivity index (χ4n) is 2.60. The maximum atomic E-state index is 12.6. The molecule has 0 aromatic heterocycles. The molecular weight excluding hydrogens is 439 g/mol. The zero-order valence-corrected chi connectivity index (χ0v) is 16.2. The van der Waals surface area contributed by atoms with Crippen LogP contribution in [0.15, 0.2) is 22.7 Å². The number of rotatable bonds is 4. The molecule has 134 valence electrons. The molecule has 0 spiro atoms. The Labute approximate surface area is 160 Å². The molecule has 9 heteroatoms. The molecule has 1 saturated heterocycles. The SMILES string of the molecule is Cl.Cl.FC(F)(F)CC[C@H](c1ccc(Cl)cc1Br)N1CCNCC1. The van der Waals surface area contributed by atoms with Gasteiger partial charge in [0.1, 0.15) is 0 Å². The Kier molecular flexibility index (Phi) is 10.4. The molecule has 0 aliphatic carbocycles. The van der Waals surface area contributed by atoms with Gasteiger partial charge in [-0.3, -0.25) is 4.90 Å². The van der Waals surface area contributed by atoms with Crippen molar-refractivity contribution < 1.29 is 13.2 Å². The van der Waals surface area contributed by atoms with Gasteiger partial charge in [-0.25, -0.2) is 0 Å². The van der Waals surface area contributed by atoms with Gasteiger partial charge < -0.3 is 5.32 Å². The Hall–Kier alpha value is 0.280. The van der Waals surface area contributed by atoms with Gasteiger partial charge in [0.2, 0.25) is 0 Å². The van der Waals surface area contributed by atoms with Crippen LogP contribution in [0.4, 0.5) is 13.2 Å². The molecule has 2 nitrogen and oxygen atoms in total. The first-order chi connectivity index (χ1) is 9.87. The lowest BCUT2D eigenvalue weighted by Gasteiger charge is -2.36. The summed E-state index contributed by atoms with van der Waals surface area (Å²) in [4.78, 5) is 2.11. The lowest BCUT2D eigenvalue weighted by Crippen LogP contribution is -2.45. The zero-order valence-electron chi connectivity index (χ0n) is 12.2. The third kappa shape index (κ3) is 7.36. The Balaban J connectivity index is 0.00000242. The molecule has 1 N–H and O–H groups in total. The lowest BCUT2D eigenvalue weighted by molar-refractivity contribution is -0.138. The van der Waals surface area contributed by atoms with Crippen LogP contribution in [-0.2, 0) is 0 Å². The average molecular weight is 459 g/mol. The molecule has 1 aromatic carbocycles. The smallest absolute Gasteiger partial charge is 0.314 e. The van der Waals surface area contributed by atoms with E-state index in [1.807, 2.05) is 6.07 Å². The first-order valence-electron chi connectivity index (χ1n) is 6.83. The Morgan fingerprint density at radius 1 is 1.22 bits per heavy atom. The third-order valence-corrected chi connectivity index (χ3v) is 4.54. The van der Waals surface area contributed by atoms with Gasteiger partial charge in [0.25, 0.3) is 0 Å². The van der Waals surface area contributed by atoms with Gasteiger partial charge in [-0.1, -0.05) is 33.6 Å². The average Bonchev–Trinajstić information content (AvgIpc) is 2.41. The molecule has 0 saturated carbocycles. The Morgan fingerprint density at radius 2 is 1.83 bits per heavy atom. The van der Waals surface area contributed by atoms with Crippen LogP contribution < -0.4 is 5.32 Å². The predicted molar refractivity (Wildman–Crippen MR) is 96.1 cm³/mol. The fraction of sp³-hybridized carbons (Fsp3) is 0.571. The van der Waals surface area contributed by atoms with Crippen molar-refractivity contribution in [1.82, 2.24) is 10.2 Å². The first kappa shape index (κ1) is 23.3. The van der Waals surface area contributed by atoms with Crippen molar-refractivity contribution in [3.63, 3.8) is 0 Å². The Morgan fingerprint density at radius 3 is 2.35 bits per heavy atom. The second-order valence-corrected chi connectivity index (χ2v) is 6.41. The molecule has 23 heavy (non-hydrogen) atoms. The van der Waals surface area contributed by atoms with E-state index in [1.165, 1.54) is 0 Å². The van der Waals surface area contributed by atoms with Crippen molar-refractivity contribution in [2.24, 2.45) is 0 Å². The van der Waals surface area contributed by atoms with E-state index < -0.39 is 12.6 Å². The van der Waals surface area contributed by atoms with Crippen LogP contribution in [0.5, 0.6) is 0 Å². The first-order valence-corrected chi connectivity index (χ1v) is 8.00. The van der Waals surface area contributed by atoms with Gasteiger partial charge in [0, 0.05) is 48.1 Å². The van der Waals surface area contributed by atoms with Gasteiger partial charge in [0.15, 0.2) is 0 Å². The van der Waals surface area contributed by atoms with Crippen LogP contribution >= 0.6 is 52.3 Å². The number of alkyl halides is 3. The summed E-state index contributed by atoms with van der Waals surface area (Å²) in [5.74, 6) is 0. The van der Waals surface area contributed by atoms with Crippen LogP contribution in [-0.4, -0.2) is 37.3 Å². The number of nitrogens with one attached hydrogen (secondary N) is 1. The van der Waals surface area contributed by atoms with E-state index in [-0.39, 0.29) is 37.3 Å². The van der Waals surface area contributed by atoms with Crippen LogP contribution in [0.3, 0.4) is 0 Å². The van der Waals surface area contributed by atoms with Crippen LogP contribution in [0.2, 0.25) is 5.02 Å². The van der Waals surface area contributed by atoms with Crippen LogP contribution in [0, 0.1) is 0 Å². The molecule has 1 aromatic rings. The predicted octanol–water partition coefficient (Wildman–Crippen LogP) is 5.23. The topological polar surface area (TPSA) is 15.3 Å². The minimum Gasteiger partial charge on any atom is -0.314 e. The highest BCUT2D eigenvalue weighted by molar-refractivity contribution is 9.10. The van der Waals surface area contributed by atoms with E-state index in [0.717, 1.165) is 36.2 Å². The maximum absolute atomic E-state index is 12.6. The zero-order chi connectivity index (χ0) is 15.5. The van der Waals surface area contributed by atoms with Crippen molar-refractivity contribution >= 4 is 52.3 Å². The lowest BCUT2D eigenvalue weighted by atomic mass is 9.99. The summed E-state index contributed by atoms with van der Waals surface area (Å²) in [6, 6.07) is 5.03. The van der Waals surface area contributed by atoms with Crippen molar-refractivity contribution in [3.8, 4) is 0 Å². The van der Waals surface area contributed by atoms with Crippen LogP contribution in [0.25, 0.3) is 0 Å². The summed E-state index contributed by atoms with van der Waals surface area (Å²) < 4.78 is 38.6. The number of hydrogen-bond acceptors (Lipinski definition) is 2. The maximum Gasteiger partial charge on any atom is 0.389 e. The third-order valence-electron chi connectivity index (χ3n) is 3.62. The quantitative estimate of drug-likeness (QED) is 0.664. The highest BCUT2D eigenvalue weighted by Crippen LogP contribution is 2.36. The van der Waals surface area contributed by atoms with Gasteiger partial charge in [0.05, 0.1) is 0 Å². The fourth-order valence-corrected chi connectivity index (χ4v) is 3.55. The number of halogens is 7. The summed E-state index contributed by atoms with van der Waals surface area (Å²) in [6.45, 7) is 3.09. The van der Waals surface area contributed by atoms with Crippen molar-refractivity contribution in [3.05, 3.63) is 33.3 Å². The monoisotopic (exact) mass is 456 g/mol. The van der Waals surface area contributed by atoms with E-state index in [4.69, 9.17) is 11.6 Å².